The summed E-state index contributed by atoms with van der Waals surface area (Å²) in [5.41, 5.74) is 0.202. The van der Waals surface area contributed by atoms with Crippen LogP contribution in [-0.2, 0) is 9.59 Å². The molecule has 0 radical (unpaired) electrons. The van der Waals surface area contributed by atoms with E-state index in [0.717, 1.165) is 10.2 Å². The van der Waals surface area contributed by atoms with Crippen LogP contribution >= 0.6 is 11.3 Å². The Morgan fingerprint density at radius 2 is 1.88 bits per heavy atom. The van der Waals surface area contributed by atoms with Gasteiger partial charge in [0.2, 0.25) is 11.8 Å². The molecule has 2 aromatic rings. The van der Waals surface area contributed by atoms with Crippen molar-refractivity contribution in [2.45, 2.75) is 20.8 Å². The molecule has 0 spiro atoms. The van der Waals surface area contributed by atoms with Gasteiger partial charge in [-0.15, -0.1) is 0 Å². The lowest BCUT2D eigenvalue weighted by molar-refractivity contribution is -0.130. The summed E-state index contributed by atoms with van der Waals surface area (Å²) >= 11 is 1.35. The average Bonchev–Trinajstić information content (AvgIpc) is 2.90. The number of ether oxygens (including phenoxy) is 2. The van der Waals surface area contributed by atoms with Gasteiger partial charge in [-0.3, -0.25) is 9.59 Å². The smallest absolute Gasteiger partial charge is 0.245 e. The van der Waals surface area contributed by atoms with Crippen LogP contribution in [0.3, 0.4) is 0 Å². The topological polar surface area (TPSA) is 89.6 Å². The molecule has 1 aliphatic heterocycles. The Hall–Kier alpha value is -2.35. The molecule has 0 atom stereocenters. The first-order chi connectivity index (χ1) is 11.3. The molecule has 2 N–H and O–H groups in total. The Bertz CT molecular complexity index is 751. The number of thiazole rings is 1. The van der Waals surface area contributed by atoms with Crippen LogP contribution < -0.4 is 20.1 Å². The molecule has 7 nitrogen and oxygen atoms in total. The van der Waals surface area contributed by atoms with Crippen LogP contribution in [0.1, 0.15) is 20.8 Å². The quantitative estimate of drug-likeness (QED) is 0.886. The summed E-state index contributed by atoms with van der Waals surface area (Å²) < 4.78 is 12.0. The van der Waals surface area contributed by atoms with Crippen molar-refractivity contribution in [3.05, 3.63) is 12.1 Å². The Morgan fingerprint density at radius 1 is 1.21 bits per heavy atom. The molecule has 1 aromatic carbocycles. The van der Waals surface area contributed by atoms with Crippen LogP contribution in [0.2, 0.25) is 0 Å². The molecule has 0 fully saturated rings. The van der Waals surface area contributed by atoms with Crippen molar-refractivity contribution in [2.75, 3.05) is 25.1 Å². The summed E-state index contributed by atoms with van der Waals surface area (Å²) in [5.74, 6) is 0.856. The molecule has 0 saturated carbocycles. The summed E-state index contributed by atoms with van der Waals surface area (Å²) in [6.45, 7) is 6.32. The first kappa shape index (κ1) is 16.5. The first-order valence-corrected chi connectivity index (χ1v) is 8.43. The minimum Gasteiger partial charge on any atom is -0.486 e. The summed E-state index contributed by atoms with van der Waals surface area (Å²) in [6, 6.07) is 3.66. The zero-order chi connectivity index (χ0) is 17.3. The normalized spacial score (nSPS) is 13.6. The van der Waals surface area contributed by atoms with Crippen LogP contribution in [0, 0.1) is 5.41 Å². The van der Waals surface area contributed by atoms with Gasteiger partial charge in [-0.2, -0.15) is 0 Å². The fraction of sp³-hybridized carbons (Fsp3) is 0.438. The second kappa shape index (κ2) is 6.27. The van der Waals surface area contributed by atoms with Crippen LogP contribution in [0.15, 0.2) is 12.1 Å². The Morgan fingerprint density at radius 3 is 2.54 bits per heavy atom. The van der Waals surface area contributed by atoms with Crippen LogP contribution in [0.5, 0.6) is 11.5 Å². The number of anilines is 1. The van der Waals surface area contributed by atoms with E-state index in [0.29, 0.717) is 29.8 Å². The van der Waals surface area contributed by atoms with Gasteiger partial charge >= 0.3 is 0 Å². The van der Waals surface area contributed by atoms with Gasteiger partial charge in [-0.1, -0.05) is 32.1 Å². The number of fused-ring (bicyclic) bond motifs is 2. The highest BCUT2D eigenvalue weighted by Crippen LogP contribution is 2.37. The predicted octanol–water partition coefficient (Wildman–Crippen LogP) is 2.17. The van der Waals surface area contributed by atoms with Crippen molar-refractivity contribution in [1.82, 2.24) is 10.3 Å². The third kappa shape index (κ3) is 3.59. The van der Waals surface area contributed by atoms with E-state index in [1.54, 1.807) is 26.8 Å². The maximum atomic E-state index is 12.0. The van der Waals surface area contributed by atoms with Gasteiger partial charge in [-0.25, -0.2) is 4.98 Å². The van der Waals surface area contributed by atoms with Gasteiger partial charge in [0, 0.05) is 17.5 Å². The number of rotatable bonds is 3. The first-order valence-electron chi connectivity index (χ1n) is 7.61. The zero-order valence-corrected chi connectivity index (χ0v) is 14.6. The molecular formula is C16H19N3O4S. The number of benzene rings is 1. The maximum Gasteiger partial charge on any atom is 0.245 e. The Kier molecular flexibility index (Phi) is 4.31. The van der Waals surface area contributed by atoms with E-state index in [9.17, 15) is 9.59 Å². The summed E-state index contributed by atoms with van der Waals surface area (Å²) in [4.78, 5) is 28.1. The van der Waals surface area contributed by atoms with E-state index in [2.05, 4.69) is 15.6 Å². The number of aromatic nitrogens is 1. The van der Waals surface area contributed by atoms with Gasteiger partial charge in [0.25, 0.3) is 0 Å². The van der Waals surface area contributed by atoms with Crippen molar-refractivity contribution in [2.24, 2.45) is 5.41 Å². The monoisotopic (exact) mass is 349 g/mol. The summed E-state index contributed by atoms with van der Waals surface area (Å²) in [5, 5.41) is 5.78. The molecular weight excluding hydrogens is 330 g/mol. The summed E-state index contributed by atoms with van der Waals surface area (Å²) in [7, 11) is 0. The Balaban J connectivity index is 1.67. The van der Waals surface area contributed by atoms with E-state index in [-0.39, 0.29) is 18.4 Å². The molecule has 3 rings (SSSR count). The molecule has 0 saturated heterocycles. The van der Waals surface area contributed by atoms with E-state index in [1.807, 2.05) is 6.07 Å². The molecule has 128 valence electrons. The third-order valence-electron chi connectivity index (χ3n) is 3.39. The highest BCUT2D eigenvalue weighted by Gasteiger charge is 2.21. The minimum absolute atomic E-state index is 0.0885. The zero-order valence-electron chi connectivity index (χ0n) is 13.8. The fourth-order valence-corrected chi connectivity index (χ4v) is 3.00. The minimum atomic E-state index is -0.533. The van der Waals surface area contributed by atoms with Gasteiger partial charge < -0.3 is 20.1 Å². The highest BCUT2D eigenvalue weighted by molar-refractivity contribution is 7.22. The third-order valence-corrected chi connectivity index (χ3v) is 4.32. The van der Waals surface area contributed by atoms with Crippen LogP contribution in [0.4, 0.5) is 5.13 Å². The number of hydrogen-bond acceptors (Lipinski definition) is 6. The molecule has 0 unspecified atom stereocenters. The molecule has 8 heteroatoms. The maximum absolute atomic E-state index is 12.0. The van der Waals surface area contributed by atoms with Crippen LogP contribution in [0.25, 0.3) is 10.2 Å². The largest absolute Gasteiger partial charge is 0.486 e. The number of carbonyl (C=O) groups excluding carboxylic acids is 2. The van der Waals surface area contributed by atoms with Crippen molar-refractivity contribution in [1.29, 1.82) is 0 Å². The molecule has 1 aliphatic rings. The molecule has 0 bridgehead atoms. The highest BCUT2D eigenvalue weighted by atomic mass is 32.1. The molecule has 0 aliphatic carbocycles. The molecule has 1 aromatic heterocycles. The SMILES string of the molecule is CC(C)(C)C(=O)NCC(=O)Nc1nc2cc3c(cc2s1)OCCO3. The lowest BCUT2D eigenvalue weighted by Gasteiger charge is -2.17. The number of nitrogens with one attached hydrogen (secondary N) is 2. The second-order valence-electron chi connectivity index (χ2n) is 6.46. The van der Waals surface area contributed by atoms with E-state index < -0.39 is 5.41 Å². The number of nitrogens with zero attached hydrogens (tertiary/aromatic N) is 1. The molecule has 2 heterocycles. The van der Waals surface area contributed by atoms with Crippen LogP contribution in [-0.4, -0.2) is 36.6 Å². The van der Waals surface area contributed by atoms with Gasteiger partial charge in [0.05, 0.1) is 16.8 Å². The van der Waals surface area contributed by atoms with Crippen molar-refractivity contribution in [3.8, 4) is 11.5 Å². The summed E-state index contributed by atoms with van der Waals surface area (Å²) in [6.07, 6.45) is 0. The van der Waals surface area contributed by atoms with Gasteiger partial charge in [0.1, 0.15) is 13.2 Å². The van der Waals surface area contributed by atoms with Crippen molar-refractivity contribution in [3.63, 3.8) is 0 Å². The van der Waals surface area contributed by atoms with Crippen molar-refractivity contribution >= 4 is 38.5 Å². The molecule has 24 heavy (non-hydrogen) atoms. The fourth-order valence-electron chi connectivity index (χ4n) is 2.11. The second-order valence-corrected chi connectivity index (χ2v) is 7.49. The predicted molar refractivity (Wildman–Crippen MR) is 91.7 cm³/mol. The molecule has 2 amide bonds. The average molecular weight is 349 g/mol. The number of amides is 2. The van der Waals surface area contributed by atoms with E-state index in [4.69, 9.17) is 9.47 Å². The van der Waals surface area contributed by atoms with Gasteiger partial charge in [-0.05, 0) is 0 Å². The lowest BCUT2D eigenvalue weighted by atomic mass is 9.96. The van der Waals surface area contributed by atoms with E-state index >= 15 is 0 Å². The van der Waals surface area contributed by atoms with E-state index in [1.165, 1.54) is 11.3 Å². The number of carbonyl (C=O) groups is 2. The lowest BCUT2D eigenvalue weighted by Crippen LogP contribution is -2.39. The standard InChI is InChI=1S/C16H19N3O4S/c1-16(2,3)14(21)17-8-13(20)19-15-18-9-6-10-11(7-12(9)24-15)23-5-4-22-10/h6-7H,4-5,8H2,1-3H3,(H,17,21)(H,18,19,20). The Labute approximate surface area is 143 Å². The van der Waals surface area contributed by atoms with Gasteiger partial charge in [0.15, 0.2) is 16.6 Å². The number of hydrogen-bond donors (Lipinski definition) is 2. The van der Waals surface area contributed by atoms with Crippen molar-refractivity contribution < 1.29 is 19.1 Å².